The Morgan fingerprint density at radius 1 is 1.38 bits per heavy atom. The van der Waals surface area contributed by atoms with Crippen LogP contribution in [0.1, 0.15) is 23.7 Å². The molecule has 21 heavy (non-hydrogen) atoms. The summed E-state index contributed by atoms with van der Waals surface area (Å²) in [5.41, 5.74) is 7.52. The van der Waals surface area contributed by atoms with Crippen molar-refractivity contribution in [2.45, 2.75) is 13.3 Å². The zero-order valence-electron chi connectivity index (χ0n) is 12.2. The molecule has 0 bridgehead atoms. The first-order valence-corrected chi connectivity index (χ1v) is 7.21. The molecule has 2 N–H and O–H groups in total. The Morgan fingerprint density at radius 2 is 2.14 bits per heavy atom. The monoisotopic (exact) mass is 284 g/mol. The minimum Gasteiger partial charge on any atom is -0.338 e. The number of carbonyl (C=O) groups is 1. The third-order valence-electron chi connectivity index (χ3n) is 4.22. The largest absolute Gasteiger partial charge is 0.338 e. The number of carbonyl (C=O) groups excluding carboxylic acids is 1. The molecular formula is C16H20N4O. The summed E-state index contributed by atoms with van der Waals surface area (Å²) in [6, 6.07) is 9.42. The van der Waals surface area contributed by atoms with Crippen molar-refractivity contribution in [2.75, 3.05) is 19.6 Å². The van der Waals surface area contributed by atoms with E-state index in [9.17, 15) is 4.79 Å². The average molecular weight is 284 g/mol. The molecule has 2 heterocycles. The van der Waals surface area contributed by atoms with E-state index in [1.54, 1.807) is 10.9 Å². The van der Waals surface area contributed by atoms with Gasteiger partial charge in [-0.15, -0.1) is 0 Å². The van der Waals surface area contributed by atoms with E-state index in [1.165, 1.54) is 0 Å². The van der Waals surface area contributed by atoms with Crippen molar-refractivity contribution in [3.05, 3.63) is 48.3 Å². The van der Waals surface area contributed by atoms with E-state index in [1.807, 2.05) is 41.4 Å². The van der Waals surface area contributed by atoms with E-state index in [0.29, 0.717) is 12.1 Å². The quantitative estimate of drug-likeness (QED) is 0.932. The average Bonchev–Trinajstić information content (AvgIpc) is 3.17. The number of hydrogen-bond donors (Lipinski definition) is 1. The zero-order valence-corrected chi connectivity index (χ0v) is 12.2. The molecule has 110 valence electrons. The number of benzene rings is 1. The fourth-order valence-electron chi connectivity index (χ4n) is 2.72. The van der Waals surface area contributed by atoms with Crippen LogP contribution >= 0.6 is 0 Å². The molecule has 0 aliphatic carbocycles. The highest BCUT2D eigenvalue weighted by atomic mass is 16.2. The minimum absolute atomic E-state index is 0.0602. The lowest BCUT2D eigenvalue weighted by Gasteiger charge is -2.22. The molecule has 0 radical (unpaired) electrons. The van der Waals surface area contributed by atoms with Crippen LogP contribution in [0.15, 0.2) is 42.7 Å². The Kier molecular flexibility index (Phi) is 3.51. The van der Waals surface area contributed by atoms with Gasteiger partial charge in [0.1, 0.15) is 0 Å². The molecule has 0 saturated carbocycles. The van der Waals surface area contributed by atoms with Gasteiger partial charge in [-0.05, 0) is 48.7 Å². The van der Waals surface area contributed by atoms with Crippen molar-refractivity contribution in [2.24, 2.45) is 11.1 Å². The molecular weight excluding hydrogens is 264 g/mol. The molecule has 1 amide bonds. The second-order valence-electron chi connectivity index (χ2n) is 5.99. The highest BCUT2D eigenvalue weighted by molar-refractivity contribution is 5.94. The highest BCUT2D eigenvalue weighted by Gasteiger charge is 2.35. The van der Waals surface area contributed by atoms with Gasteiger partial charge in [-0.2, -0.15) is 5.10 Å². The molecule has 1 saturated heterocycles. The number of aromatic nitrogens is 2. The summed E-state index contributed by atoms with van der Waals surface area (Å²) in [4.78, 5) is 14.4. The van der Waals surface area contributed by atoms with Crippen LogP contribution in [0.4, 0.5) is 0 Å². The van der Waals surface area contributed by atoms with Crippen molar-refractivity contribution in [3.8, 4) is 5.69 Å². The lowest BCUT2D eigenvalue weighted by atomic mass is 9.90. The van der Waals surface area contributed by atoms with Gasteiger partial charge in [-0.25, -0.2) is 4.68 Å². The van der Waals surface area contributed by atoms with Gasteiger partial charge in [0.2, 0.25) is 0 Å². The Hall–Kier alpha value is -2.14. The van der Waals surface area contributed by atoms with E-state index in [4.69, 9.17) is 5.73 Å². The lowest BCUT2D eigenvalue weighted by Crippen LogP contribution is -2.34. The van der Waals surface area contributed by atoms with Crippen LogP contribution in [-0.2, 0) is 0 Å². The maximum absolute atomic E-state index is 12.5. The Balaban J connectivity index is 1.74. The molecule has 0 spiro atoms. The predicted octanol–water partition coefficient (Wildman–Crippen LogP) is 1.68. The molecule has 1 aliphatic rings. The Labute approximate surface area is 124 Å². The lowest BCUT2D eigenvalue weighted by molar-refractivity contribution is 0.0777. The highest BCUT2D eigenvalue weighted by Crippen LogP contribution is 2.29. The molecule has 1 aromatic heterocycles. The summed E-state index contributed by atoms with van der Waals surface area (Å²) in [5.74, 6) is 0.0826. The summed E-state index contributed by atoms with van der Waals surface area (Å²) in [7, 11) is 0. The smallest absolute Gasteiger partial charge is 0.253 e. The summed E-state index contributed by atoms with van der Waals surface area (Å²) >= 11 is 0. The third-order valence-corrected chi connectivity index (χ3v) is 4.22. The Morgan fingerprint density at radius 3 is 2.71 bits per heavy atom. The van der Waals surface area contributed by atoms with Crippen molar-refractivity contribution in [3.63, 3.8) is 0 Å². The normalized spacial score (nSPS) is 21.7. The molecule has 1 aliphatic heterocycles. The van der Waals surface area contributed by atoms with Crippen LogP contribution < -0.4 is 5.73 Å². The van der Waals surface area contributed by atoms with Gasteiger partial charge in [0, 0.05) is 31.0 Å². The topological polar surface area (TPSA) is 64.2 Å². The van der Waals surface area contributed by atoms with Crippen molar-refractivity contribution < 1.29 is 4.79 Å². The maximum atomic E-state index is 12.5. The van der Waals surface area contributed by atoms with Gasteiger partial charge < -0.3 is 10.6 Å². The van der Waals surface area contributed by atoms with Crippen LogP contribution in [0.25, 0.3) is 5.69 Å². The standard InChI is InChI=1S/C16H20N4O/c1-16(11-17)7-10-19(12-16)15(21)13-3-5-14(6-4-13)20-9-2-8-18-20/h2-6,8-9H,7,10-12,17H2,1H3. The van der Waals surface area contributed by atoms with Crippen molar-refractivity contribution >= 4 is 5.91 Å². The molecule has 1 aromatic carbocycles. The van der Waals surface area contributed by atoms with Crippen LogP contribution in [0, 0.1) is 5.41 Å². The number of likely N-dealkylation sites (tertiary alicyclic amines) is 1. The van der Waals surface area contributed by atoms with Gasteiger partial charge in [-0.3, -0.25) is 4.79 Å². The number of amides is 1. The van der Waals surface area contributed by atoms with E-state index in [-0.39, 0.29) is 11.3 Å². The fraction of sp³-hybridized carbons (Fsp3) is 0.375. The van der Waals surface area contributed by atoms with Gasteiger partial charge in [0.05, 0.1) is 5.69 Å². The summed E-state index contributed by atoms with van der Waals surface area (Å²) in [5, 5.41) is 4.18. The van der Waals surface area contributed by atoms with Crippen LogP contribution in [0.3, 0.4) is 0 Å². The zero-order chi connectivity index (χ0) is 14.9. The first-order chi connectivity index (χ1) is 10.1. The van der Waals surface area contributed by atoms with Crippen LogP contribution in [-0.4, -0.2) is 40.2 Å². The minimum atomic E-state index is 0.0602. The van der Waals surface area contributed by atoms with E-state index >= 15 is 0 Å². The molecule has 1 atom stereocenters. The van der Waals surface area contributed by atoms with Crippen molar-refractivity contribution in [1.29, 1.82) is 0 Å². The van der Waals surface area contributed by atoms with Gasteiger partial charge in [0.25, 0.3) is 5.91 Å². The summed E-state index contributed by atoms with van der Waals surface area (Å²) in [6.07, 6.45) is 4.58. The molecule has 3 rings (SSSR count). The molecule has 5 heteroatoms. The number of rotatable bonds is 3. The first kappa shape index (κ1) is 13.8. The van der Waals surface area contributed by atoms with Gasteiger partial charge >= 0.3 is 0 Å². The molecule has 1 unspecified atom stereocenters. The number of nitrogens with two attached hydrogens (primary N) is 1. The molecule has 5 nitrogen and oxygen atoms in total. The maximum Gasteiger partial charge on any atom is 0.253 e. The SMILES string of the molecule is CC1(CN)CCN(C(=O)c2ccc(-n3cccn3)cc2)C1. The summed E-state index contributed by atoms with van der Waals surface area (Å²) < 4.78 is 1.77. The third kappa shape index (κ3) is 2.69. The first-order valence-electron chi connectivity index (χ1n) is 7.21. The van der Waals surface area contributed by atoms with E-state index < -0.39 is 0 Å². The molecule has 2 aromatic rings. The fourth-order valence-corrected chi connectivity index (χ4v) is 2.72. The van der Waals surface area contributed by atoms with Gasteiger partial charge in [0.15, 0.2) is 0 Å². The van der Waals surface area contributed by atoms with E-state index in [0.717, 1.165) is 25.2 Å². The van der Waals surface area contributed by atoms with Crippen molar-refractivity contribution in [1.82, 2.24) is 14.7 Å². The van der Waals surface area contributed by atoms with Gasteiger partial charge in [-0.1, -0.05) is 6.92 Å². The number of nitrogens with zero attached hydrogens (tertiary/aromatic N) is 3. The second kappa shape index (κ2) is 5.33. The van der Waals surface area contributed by atoms with Crippen LogP contribution in [0.5, 0.6) is 0 Å². The van der Waals surface area contributed by atoms with E-state index in [2.05, 4.69) is 12.0 Å². The summed E-state index contributed by atoms with van der Waals surface area (Å²) in [6.45, 7) is 4.28. The Bertz CT molecular complexity index is 620. The number of hydrogen-bond acceptors (Lipinski definition) is 3. The predicted molar refractivity (Wildman–Crippen MR) is 81.2 cm³/mol. The second-order valence-corrected chi connectivity index (χ2v) is 5.99. The molecule has 1 fully saturated rings. The van der Waals surface area contributed by atoms with Crippen LogP contribution in [0.2, 0.25) is 0 Å².